The Bertz CT molecular complexity index is 538. The van der Waals surface area contributed by atoms with Crippen LogP contribution in [0.1, 0.15) is 30.7 Å². The number of hydrogen-bond donors (Lipinski definition) is 2. The van der Waals surface area contributed by atoms with Crippen molar-refractivity contribution in [2.75, 3.05) is 27.2 Å². The fraction of sp³-hybridized carbons (Fsp3) is 0.714. The van der Waals surface area contributed by atoms with Gasteiger partial charge >= 0.3 is 0 Å². The Labute approximate surface area is 132 Å². The molecule has 2 N–H and O–H groups in total. The van der Waals surface area contributed by atoms with Gasteiger partial charge in [-0.15, -0.1) is 11.3 Å². The summed E-state index contributed by atoms with van der Waals surface area (Å²) in [6.45, 7) is 7.84. The summed E-state index contributed by atoms with van der Waals surface area (Å²) in [4.78, 5) is 3.32. The van der Waals surface area contributed by atoms with Crippen molar-refractivity contribution in [1.82, 2.24) is 14.9 Å². The molecule has 1 unspecified atom stereocenters. The first kappa shape index (κ1) is 18.6. The van der Waals surface area contributed by atoms with Crippen molar-refractivity contribution in [2.24, 2.45) is 0 Å². The maximum atomic E-state index is 12.5. The molecule has 0 aliphatic carbocycles. The van der Waals surface area contributed by atoms with E-state index in [1.54, 1.807) is 0 Å². The third-order valence-electron chi connectivity index (χ3n) is 3.42. The van der Waals surface area contributed by atoms with Gasteiger partial charge < -0.3 is 10.2 Å². The van der Waals surface area contributed by atoms with Gasteiger partial charge in [-0.05, 0) is 51.9 Å². The Morgan fingerprint density at radius 1 is 1.38 bits per heavy atom. The van der Waals surface area contributed by atoms with E-state index in [2.05, 4.69) is 17.0 Å². The number of aryl methyl sites for hydroxylation is 1. The highest BCUT2D eigenvalue weighted by molar-refractivity contribution is 7.89. The maximum Gasteiger partial charge on any atom is 0.242 e. The topological polar surface area (TPSA) is 61.4 Å². The molecule has 0 aliphatic rings. The quantitative estimate of drug-likeness (QED) is 0.676. The first-order chi connectivity index (χ1) is 9.79. The van der Waals surface area contributed by atoms with Crippen LogP contribution < -0.4 is 10.0 Å². The van der Waals surface area contributed by atoms with Crippen molar-refractivity contribution >= 4 is 21.4 Å². The molecule has 0 saturated carbocycles. The van der Waals surface area contributed by atoms with Crippen LogP contribution in [0.2, 0.25) is 0 Å². The van der Waals surface area contributed by atoms with Crippen molar-refractivity contribution in [2.45, 2.75) is 44.7 Å². The second-order valence-electron chi connectivity index (χ2n) is 5.51. The van der Waals surface area contributed by atoms with E-state index in [1.807, 2.05) is 38.2 Å². The average molecular weight is 334 g/mol. The molecule has 7 heteroatoms. The summed E-state index contributed by atoms with van der Waals surface area (Å²) in [6, 6.07) is 0.153. The number of nitrogens with one attached hydrogen (secondary N) is 2. The first-order valence-electron chi connectivity index (χ1n) is 7.23. The number of nitrogens with zero attached hydrogens (tertiary/aromatic N) is 1. The highest BCUT2D eigenvalue weighted by Crippen LogP contribution is 2.26. The van der Waals surface area contributed by atoms with Crippen LogP contribution in [-0.2, 0) is 16.6 Å². The largest absolute Gasteiger partial charge is 0.312 e. The minimum atomic E-state index is -3.45. The molecule has 0 saturated heterocycles. The molecule has 1 aromatic rings. The molecule has 0 aromatic carbocycles. The molecule has 1 atom stereocenters. The van der Waals surface area contributed by atoms with Crippen molar-refractivity contribution in [3.63, 3.8) is 0 Å². The lowest BCUT2D eigenvalue weighted by Crippen LogP contribution is -2.38. The van der Waals surface area contributed by atoms with Gasteiger partial charge in [0, 0.05) is 24.0 Å². The van der Waals surface area contributed by atoms with Crippen LogP contribution in [-0.4, -0.2) is 46.5 Å². The number of likely N-dealkylation sites (N-methyl/N-ethyl adjacent to an activating group) is 1. The summed E-state index contributed by atoms with van der Waals surface area (Å²) in [7, 11) is 0.429. The van der Waals surface area contributed by atoms with E-state index < -0.39 is 10.0 Å². The first-order valence-corrected chi connectivity index (χ1v) is 9.59. The summed E-state index contributed by atoms with van der Waals surface area (Å²) in [5.41, 5.74) is 0.818. The van der Waals surface area contributed by atoms with E-state index in [4.69, 9.17) is 0 Å². The third kappa shape index (κ3) is 5.34. The van der Waals surface area contributed by atoms with Crippen molar-refractivity contribution < 1.29 is 8.42 Å². The summed E-state index contributed by atoms with van der Waals surface area (Å²) >= 11 is 1.50. The number of sulfonamides is 1. The smallest absolute Gasteiger partial charge is 0.242 e. The van der Waals surface area contributed by atoms with Gasteiger partial charge in [-0.2, -0.15) is 0 Å². The molecule has 1 aromatic heterocycles. The van der Waals surface area contributed by atoms with Crippen molar-refractivity contribution in [1.29, 1.82) is 0 Å². The zero-order valence-electron chi connectivity index (χ0n) is 13.6. The lowest BCUT2D eigenvalue weighted by atomic mass is 10.3. The Morgan fingerprint density at radius 3 is 2.62 bits per heavy atom. The highest BCUT2D eigenvalue weighted by Gasteiger charge is 2.23. The van der Waals surface area contributed by atoms with Crippen LogP contribution in [0.5, 0.6) is 0 Å². The minimum Gasteiger partial charge on any atom is -0.312 e. The molecular weight excluding hydrogens is 306 g/mol. The number of thiophene rings is 1. The molecule has 0 aliphatic heterocycles. The van der Waals surface area contributed by atoms with Crippen LogP contribution in [0.4, 0.5) is 0 Å². The van der Waals surface area contributed by atoms with E-state index in [9.17, 15) is 8.42 Å². The normalized spacial score (nSPS) is 13.8. The van der Waals surface area contributed by atoms with Gasteiger partial charge in [0.25, 0.3) is 0 Å². The summed E-state index contributed by atoms with van der Waals surface area (Å²) in [5, 5.41) is 5.18. The van der Waals surface area contributed by atoms with Crippen molar-refractivity contribution in [3.8, 4) is 0 Å². The Balaban J connectivity index is 2.84. The summed E-state index contributed by atoms with van der Waals surface area (Å²) in [6.07, 6.45) is 1.03. The molecule has 0 spiro atoms. The zero-order chi connectivity index (χ0) is 16.0. The SMILES string of the molecule is CCCNCc1scc(C)c1S(=O)(=O)NCC(C)N(C)C. The van der Waals surface area contributed by atoms with Crippen LogP contribution in [0.15, 0.2) is 10.3 Å². The highest BCUT2D eigenvalue weighted by atomic mass is 32.2. The number of rotatable bonds is 9. The van der Waals surface area contributed by atoms with E-state index in [1.165, 1.54) is 11.3 Å². The predicted octanol–water partition coefficient (Wildman–Crippen LogP) is 1.78. The standard InChI is InChI=1S/C14H27N3O2S2/c1-6-7-15-9-13-14(11(2)10-20-13)21(18,19)16-8-12(3)17(4)5/h10,12,15-16H,6-9H2,1-5H3. The molecule has 5 nitrogen and oxygen atoms in total. The van der Waals surface area contributed by atoms with E-state index in [-0.39, 0.29) is 6.04 Å². The molecule has 0 fully saturated rings. The van der Waals surface area contributed by atoms with E-state index in [0.717, 1.165) is 23.4 Å². The van der Waals surface area contributed by atoms with Gasteiger partial charge in [0.15, 0.2) is 0 Å². The second-order valence-corrected chi connectivity index (χ2v) is 8.18. The Hall–Kier alpha value is -0.470. The minimum absolute atomic E-state index is 0.153. The molecule has 0 amide bonds. The lowest BCUT2D eigenvalue weighted by molar-refractivity contribution is 0.314. The van der Waals surface area contributed by atoms with Gasteiger partial charge in [0.1, 0.15) is 4.90 Å². The van der Waals surface area contributed by atoms with Crippen molar-refractivity contribution in [3.05, 3.63) is 15.8 Å². The summed E-state index contributed by atoms with van der Waals surface area (Å²) in [5.74, 6) is 0. The van der Waals surface area contributed by atoms with Crippen LogP contribution in [0.25, 0.3) is 0 Å². The average Bonchev–Trinajstić information content (AvgIpc) is 2.78. The van der Waals surface area contributed by atoms with Gasteiger partial charge in [-0.1, -0.05) is 6.92 Å². The third-order valence-corrected chi connectivity index (χ3v) is 6.31. The summed E-state index contributed by atoms with van der Waals surface area (Å²) < 4.78 is 27.8. The van der Waals surface area contributed by atoms with Gasteiger partial charge in [-0.25, -0.2) is 13.1 Å². The zero-order valence-corrected chi connectivity index (χ0v) is 15.2. The number of hydrogen-bond acceptors (Lipinski definition) is 5. The second kappa shape index (κ2) is 8.24. The molecule has 0 bridgehead atoms. The lowest BCUT2D eigenvalue weighted by Gasteiger charge is -2.20. The molecule has 21 heavy (non-hydrogen) atoms. The molecule has 1 heterocycles. The van der Waals surface area contributed by atoms with Gasteiger partial charge in [-0.3, -0.25) is 0 Å². The maximum absolute atomic E-state index is 12.5. The van der Waals surface area contributed by atoms with Gasteiger partial charge in [0.05, 0.1) is 0 Å². The Morgan fingerprint density at radius 2 is 2.05 bits per heavy atom. The molecule has 0 radical (unpaired) electrons. The van der Waals surface area contributed by atoms with Crippen LogP contribution in [0.3, 0.4) is 0 Å². The van der Waals surface area contributed by atoms with E-state index in [0.29, 0.717) is 18.0 Å². The fourth-order valence-corrected chi connectivity index (χ4v) is 4.73. The van der Waals surface area contributed by atoms with Gasteiger partial charge in [0.2, 0.25) is 10.0 Å². The molecule has 1 rings (SSSR count). The predicted molar refractivity (Wildman–Crippen MR) is 89.4 cm³/mol. The monoisotopic (exact) mass is 333 g/mol. The fourth-order valence-electron chi connectivity index (χ4n) is 1.83. The Kier molecular flexibility index (Phi) is 7.29. The van der Waals surface area contributed by atoms with E-state index >= 15 is 0 Å². The molecular formula is C14H27N3O2S2. The molecule has 122 valence electrons. The van der Waals surface area contributed by atoms with Crippen LogP contribution in [0, 0.1) is 6.92 Å². The van der Waals surface area contributed by atoms with Crippen LogP contribution >= 0.6 is 11.3 Å².